The average Bonchev–Trinajstić information content (AvgIpc) is 2.37. The zero-order valence-electron chi connectivity index (χ0n) is 10.8. The van der Waals surface area contributed by atoms with Crippen LogP contribution in [-0.2, 0) is 19.1 Å². The van der Waals surface area contributed by atoms with Gasteiger partial charge in [-0.3, -0.25) is 14.4 Å². The quantitative estimate of drug-likeness (QED) is 0.428. The molecule has 0 fully saturated rings. The zero-order valence-corrected chi connectivity index (χ0v) is 10.8. The van der Waals surface area contributed by atoms with E-state index in [2.05, 4.69) is 4.74 Å². The number of hydrogen-bond acceptors (Lipinski definition) is 4. The van der Waals surface area contributed by atoms with Gasteiger partial charge in [0.05, 0.1) is 13.0 Å². The van der Waals surface area contributed by atoms with Gasteiger partial charge < -0.3 is 4.74 Å². The fourth-order valence-electron chi connectivity index (χ4n) is 1.44. The van der Waals surface area contributed by atoms with Gasteiger partial charge in [-0.1, -0.05) is 36.4 Å². The number of carbonyl (C=O) groups excluding carboxylic acids is 3. The predicted molar refractivity (Wildman–Crippen MR) is 71.4 cm³/mol. The van der Waals surface area contributed by atoms with Gasteiger partial charge in [-0.2, -0.15) is 0 Å². The second kappa shape index (κ2) is 7.97. The fraction of sp³-hybridized carbons (Fsp3) is 0.267. The Hall–Kier alpha value is -2.23. The van der Waals surface area contributed by atoms with E-state index in [0.29, 0.717) is 0 Å². The number of ether oxygens (including phenoxy) is 1. The first-order valence-electron chi connectivity index (χ1n) is 6.05. The van der Waals surface area contributed by atoms with E-state index in [1.807, 2.05) is 30.3 Å². The number of rotatable bonds is 7. The summed E-state index contributed by atoms with van der Waals surface area (Å²) in [4.78, 5) is 33.9. The van der Waals surface area contributed by atoms with Gasteiger partial charge in [0.25, 0.3) is 0 Å². The molecular formula is C15H16O4. The molecule has 19 heavy (non-hydrogen) atoms. The number of hydrogen-bond donors (Lipinski definition) is 0. The van der Waals surface area contributed by atoms with Crippen molar-refractivity contribution in [3.05, 3.63) is 42.0 Å². The summed E-state index contributed by atoms with van der Waals surface area (Å²) < 4.78 is 4.63. The van der Waals surface area contributed by atoms with Crippen molar-refractivity contribution < 1.29 is 19.1 Å². The lowest BCUT2D eigenvalue weighted by Gasteiger charge is -1.99. The van der Waals surface area contributed by atoms with Crippen molar-refractivity contribution in [3.63, 3.8) is 0 Å². The van der Waals surface area contributed by atoms with Crippen LogP contribution in [0.3, 0.4) is 0 Å². The third kappa shape index (κ3) is 6.31. The highest BCUT2D eigenvalue weighted by atomic mass is 16.5. The van der Waals surface area contributed by atoms with Crippen LogP contribution < -0.4 is 0 Å². The van der Waals surface area contributed by atoms with Crippen molar-refractivity contribution in [2.75, 3.05) is 6.61 Å². The van der Waals surface area contributed by atoms with E-state index in [0.717, 1.165) is 5.56 Å². The van der Waals surface area contributed by atoms with Gasteiger partial charge in [-0.15, -0.1) is 0 Å². The van der Waals surface area contributed by atoms with E-state index in [9.17, 15) is 14.4 Å². The summed E-state index contributed by atoms with van der Waals surface area (Å²) in [5, 5.41) is 0. The van der Waals surface area contributed by atoms with Crippen molar-refractivity contribution >= 4 is 23.6 Å². The lowest BCUT2D eigenvalue weighted by Crippen LogP contribution is -2.13. The summed E-state index contributed by atoms with van der Waals surface area (Å²) in [6.07, 6.45) is 2.36. The molecule has 100 valence electrons. The highest BCUT2D eigenvalue weighted by Crippen LogP contribution is 2.02. The third-order valence-electron chi connectivity index (χ3n) is 2.28. The lowest BCUT2D eigenvalue weighted by molar-refractivity contribution is -0.145. The van der Waals surface area contributed by atoms with Crippen LogP contribution in [0.2, 0.25) is 0 Å². The zero-order chi connectivity index (χ0) is 14.1. The Balaban J connectivity index is 2.41. The molecule has 1 aromatic rings. The smallest absolute Gasteiger partial charge is 0.313 e. The molecule has 4 heteroatoms. The standard InChI is InChI=1S/C15H16O4/c1-2-19-15(18)11-14(17)10-13(16)9-8-12-6-4-3-5-7-12/h3-9H,2,10-11H2,1H3/b9-8+. The number of benzene rings is 1. The summed E-state index contributed by atoms with van der Waals surface area (Å²) in [6.45, 7) is 1.89. The van der Waals surface area contributed by atoms with Gasteiger partial charge in [0, 0.05) is 0 Å². The van der Waals surface area contributed by atoms with Gasteiger partial charge in [0.1, 0.15) is 6.42 Å². The Morgan fingerprint density at radius 2 is 1.79 bits per heavy atom. The average molecular weight is 260 g/mol. The van der Waals surface area contributed by atoms with E-state index in [4.69, 9.17) is 0 Å². The SMILES string of the molecule is CCOC(=O)CC(=O)CC(=O)/C=C/c1ccccc1. The van der Waals surface area contributed by atoms with Crippen LogP contribution in [0.15, 0.2) is 36.4 Å². The molecule has 0 N–H and O–H groups in total. The molecule has 1 aromatic carbocycles. The van der Waals surface area contributed by atoms with Gasteiger partial charge in [-0.05, 0) is 18.6 Å². The van der Waals surface area contributed by atoms with Crippen LogP contribution in [0.5, 0.6) is 0 Å². The Morgan fingerprint density at radius 1 is 1.11 bits per heavy atom. The van der Waals surface area contributed by atoms with Gasteiger partial charge in [-0.25, -0.2) is 0 Å². The minimum absolute atomic E-state index is 0.230. The Kier molecular flexibility index (Phi) is 6.22. The minimum atomic E-state index is -0.590. The second-order valence-corrected chi connectivity index (χ2v) is 3.91. The molecule has 0 saturated carbocycles. The van der Waals surface area contributed by atoms with Crippen LogP contribution in [0.1, 0.15) is 25.3 Å². The predicted octanol–water partition coefficient (Wildman–Crippen LogP) is 2.18. The maximum atomic E-state index is 11.5. The van der Waals surface area contributed by atoms with Crippen molar-refractivity contribution in [1.82, 2.24) is 0 Å². The first kappa shape index (κ1) is 14.8. The summed E-state index contributed by atoms with van der Waals surface area (Å²) in [5.74, 6) is -1.34. The van der Waals surface area contributed by atoms with E-state index in [1.54, 1.807) is 13.0 Å². The molecule has 0 aromatic heterocycles. The first-order chi connectivity index (χ1) is 9.11. The monoisotopic (exact) mass is 260 g/mol. The highest BCUT2D eigenvalue weighted by molar-refractivity contribution is 6.10. The molecule has 0 aliphatic carbocycles. The number of carbonyl (C=O) groups is 3. The molecule has 0 radical (unpaired) electrons. The molecule has 0 bridgehead atoms. The number of allylic oxidation sites excluding steroid dienone is 1. The highest BCUT2D eigenvalue weighted by Gasteiger charge is 2.12. The Labute approximate surface area is 112 Å². The Morgan fingerprint density at radius 3 is 2.42 bits per heavy atom. The normalized spacial score (nSPS) is 10.4. The molecule has 0 aliphatic heterocycles. The molecule has 0 heterocycles. The van der Waals surface area contributed by atoms with Gasteiger partial charge >= 0.3 is 5.97 Å². The van der Waals surface area contributed by atoms with Crippen LogP contribution in [0.4, 0.5) is 0 Å². The second-order valence-electron chi connectivity index (χ2n) is 3.91. The molecule has 4 nitrogen and oxygen atoms in total. The van der Waals surface area contributed by atoms with Crippen molar-refractivity contribution in [2.45, 2.75) is 19.8 Å². The van der Waals surface area contributed by atoms with Gasteiger partial charge in [0.15, 0.2) is 11.6 Å². The molecule has 0 amide bonds. The summed E-state index contributed by atoms with van der Waals surface area (Å²) in [7, 11) is 0. The maximum Gasteiger partial charge on any atom is 0.313 e. The van der Waals surface area contributed by atoms with E-state index >= 15 is 0 Å². The van der Waals surface area contributed by atoms with Crippen molar-refractivity contribution in [3.8, 4) is 0 Å². The van der Waals surface area contributed by atoms with Crippen LogP contribution in [-0.4, -0.2) is 24.1 Å². The Bertz CT molecular complexity index is 474. The molecule has 0 spiro atoms. The van der Waals surface area contributed by atoms with Gasteiger partial charge in [0.2, 0.25) is 0 Å². The number of esters is 1. The molecule has 0 unspecified atom stereocenters. The number of Topliss-reactive ketones (excluding diaryl/α,β-unsaturated/α-hetero) is 1. The minimum Gasteiger partial charge on any atom is -0.466 e. The molecule has 0 saturated heterocycles. The van der Waals surface area contributed by atoms with Crippen molar-refractivity contribution in [2.24, 2.45) is 0 Å². The van der Waals surface area contributed by atoms with E-state index < -0.39 is 11.8 Å². The van der Waals surface area contributed by atoms with E-state index in [-0.39, 0.29) is 25.2 Å². The van der Waals surface area contributed by atoms with Crippen LogP contribution in [0.25, 0.3) is 6.08 Å². The fourth-order valence-corrected chi connectivity index (χ4v) is 1.44. The maximum absolute atomic E-state index is 11.5. The lowest BCUT2D eigenvalue weighted by atomic mass is 10.1. The van der Waals surface area contributed by atoms with Crippen LogP contribution >= 0.6 is 0 Å². The summed E-state index contributed by atoms with van der Waals surface area (Å²) >= 11 is 0. The van der Waals surface area contributed by atoms with E-state index in [1.165, 1.54) is 6.08 Å². The molecule has 0 aliphatic rings. The largest absolute Gasteiger partial charge is 0.466 e. The first-order valence-corrected chi connectivity index (χ1v) is 6.05. The topological polar surface area (TPSA) is 60.4 Å². The molecule has 0 atom stereocenters. The summed E-state index contributed by atoms with van der Waals surface area (Å²) in [5.41, 5.74) is 0.883. The summed E-state index contributed by atoms with van der Waals surface area (Å²) in [6, 6.07) is 9.29. The number of ketones is 2. The third-order valence-corrected chi connectivity index (χ3v) is 2.28. The van der Waals surface area contributed by atoms with Crippen LogP contribution in [0, 0.1) is 0 Å². The van der Waals surface area contributed by atoms with Crippen molar-refractivity contribution in [1.29, 1.82) is 0 Å². The molecular weight excluding hydrogens is 244 g/mol. The molecule has 1 rings (SSSR count).